The van der Waals surface area contributed by atoms with E-state index in [-0.39, 0.29) is 5.91 Å². The molecule has 1 aromatic carbocycles. The summed E-state index contributed by atoms with van der Waals surface area (Å²) in [7, 11) is 4.13. The van der Waals surface area contributed by atoms with Crippen LogP contribution in [0.25, 0.3) is 6.08 Å². The fourth-order valence-electron chi connectivity index (χ4n) is 4.74. The second-order valence-corrected chi connectivity index (χ2v) is 9.25. The van der Waals surface area contributed by atoms with Gasteiger partial charge in [0.2, 0.25) is 11.9 Å². The number of rotatable bonds is 7. The van der Waals surface area contributed by atoms with Crippen molar-refractivity contribution in [1.82, 2.24) is 15.3 Å². The molecule has 1 aromatic heterocycles. The van der Waals surface area contributed by atoms with Crippen molar-refractivity contribution in [1.29, 1.82) is 0 Å². The predicted octanol–water partition coefficient (Wildman–Crippen LogP) is 4.22. The lowest BCUT2D eigenvalue weighted by molar-refractivity contribution is -0.116. The Morgan fingerprint density at radius 2 is 1.81 bits per heavy atom. The molecule has 32 heavy (non-hydrogen) atoms. The number of benzene rings is 1. The third-order valence-corrected chi connectivity index (χ3v) is 6.56. The lowest BCUT2D eigenvalue weighted by atomic mass is 9.86. The Hall–Kier alpha value is -2.89. The zero-order valence-corrected chi connectivity index (χ0v) is 19.3. The number of fused-ring (bicyclic) bond motifs is 1. The summed E-state index contributed by atoms with van der Waals surface area (Å²) in [5, 5.41) is 6.67. The topological polar surface area (TPSA) is 70.2 Å². The van der Waals surface area contributed by atoms with Crippen LogP contribution in [0, 0.1) is 5.92 Å². The average molecular weight is 434 g/mol. The van der Waals surface area contributed by atoms with E-state index in [2.05, 4.69) is 29.6 Å². The number of nitrogens with zero attached hydrogens (tertiary/aromatic N) is 3. The van der Waals surface area contributed by atoms with Gasteiger partial charge in [-0.25, -0.2) is 4.98 Å². The smallest absolute Gasteiger partial charge is 0.244 e. The summed E-state index contributed by atoms with van der Waals surface area (Å²) in [6, 6.07) is 10.3. The van der Waals surface area contributed by atoms with Crippen LogP contribution in [0.3, 0.4) is 0 Å². The van der Waals surface area contributed by atoms with E-state index in [4.69, 9.17) is 9.97 Å². The molecule has 1 amide bonds. The van der Waals surface area contributed by atoms with Gasteiger partial charge in [0.15, 0.2) is 0 Å². The van der Waals surface area contributed by atoms with Crippen molar-refractivity contribution < 1.29 is 4.79 Å². The molecule has 0 bridgehead atoms. The monoisotopic (exact) mass is 433 g/mol. The standard InChI is InChI=1S/C26H35N5O/c1-31(2)25-22-10-6-7-11-23(22)29-26(30-25)28-21-15-12-20(13-16-21)18-27-24(32)17-14-19-8-4-3-5-9-19/h3-5,8-9,14,17,20-21H,6-7,10-13,15-16,18H2,1-2H3,(H,27,32)(H,28,29,30)/t20-,21+. The van der Waals surface area contributed by atoms with Crippen molar-refractivity contribution in [3.8, 4) is 0 Å². The molecule has 2 aliphatic rings. The molecule has 4 rings (SSSR count). The Morgan fingerprint density at radius 1 is 1.06 bits per heavy atom. The minimum atomic E-state index is -0.0206. The van der Waals surface area contributed by atoms with E-state index in [0.29, 0.717) is 12.0 Å². The van der Waals surface area contributed by atoms with Gasteiger partial charge in [-0.1, -0.05) is 30.3 Å². The molecule has 6 heteroatoms. The molecule has 170 valence electrons. The van der Waals surface area contributed by atoms with Crippen LogP contribution in [0.15, 0.2) is 36.4 Å². The van der Waals surface area contributed by atoms with Crippen LogP contribution in [0.5, 0.6) is 0 Å². The van der Waals surface area contributed by atoms with Gasteiger partial charge in [0.1, 0.15) is 5.82 Å². The van der Waals surface area contributed by atoms with Crippen molar-refractivity contribution in [3.63, 3.8) is 0 Å². The van der Waals surface area contributed by atoms with Crippen LogP contribution in [0.1, 0.15) is 55.3 Å². The second-order valence-electron chi connectivity index (χ2n) is 9.25. The summed E-state index contributed by atoms with van der Waals surface area (Å²) < 4.78 is 0. The normalized spacial score (nSPS) is 20.6. The van der Waals surface area contributed by atoms with E-state index < -0.39 is 0 Å². The third-order valence-electron chi connectivity index (χ3n) is 6.56. The Bertz CT molecular complexity index is 933. The zero-order chi connectivity index (χ0) is 22.3. The Morgan fingerprint density at radius 3 is 2.56 bits per heavy atom. The van der Waals surface area contributed by atoms with Crippen molar-refractivity contribution >= 4 is 23.7 Å². The molecule has 1 saturated carbocycles. The maximum absolute atomic E-state index is 12.1. The first-order valence-electron chi connectivity index (χ1n) is 11.9. The number of hydrogen-bond donors (Lipinski definition) is 2. The average Bonchev–Trinajstić information content (AvgIpc) is 2.82. The molecule has 1 heterocycles. The van der Waals surface area contributed by atoms with Gasteiger partial charge in [0.25, 0.3) is 0 Å². The molecule has 1 fully saturated rings. The first-order valence-corrected chi connectivity index (χ1v) is 11.9. The molecule has 2 aliphatic carbocycles. The molecule has 2 aromatic rings. The lowest BCUT2D eigenvalue weighted by Crippen LogP contribution is -2.33. The van der Waals surface area contributed by atoms with Gasteiger partial charge in [0, 0.05) is 38.3 Å². The second kappa shape index (κ2) is 10.6. The highest BCUT2D eigenvalue weighted by molar-refractivity contribution is 5.91. The number of amides is 1. The third kappa shape index (κ3) is 5.87. The van der Waals surface area contributed by atoms with Gasteiger partial charge < -0.3 is 15.5 Å². The minimum absolute atomic E-state index is 0.0206. The Kier molecular flexibility index (Phi) is 7.40. The highest BCUT2D eigenvalue weighted by Gasteiger charge is 2.24. The van der Waals surface area contributed by atoms with E-state index in [1.807, 2.05) is 36.4 Å². The van der Waals surface area contributed by atoms with Crippen molar-refractivity contribution in [3.05, 3.63) is 53.2 Å². The van der Waals surface area contributed by atoms with Gasteiger partial charge in [-0.15, -0.1) is 0 Å². The Labute approximate surface area is 191 Å². The van der Waals surface area contributed by atoms with Gasteiger partial charge in [-0.3, -0.25) is 4.79 Å². The molecular weight excluding hydrogens is 398 g/mol. The summed E-state index contributed by atoms with van der Waals surface area (Å²) in [6.45, 7) is 0.741. The maximum Gasteiger partial charge on any atom is 0.244 e. The highest BCUT2D eigenvalue weighted by Crippen LogP contribution is 2.30. The van der Waals surface area contributed by atoms with Crippen LogP contribution in [0.4, 0.5) is 11.8 Å². The predicted molar refractivity (Wildman–Crippen MR) is 131 cm³/mol. The lowest BCUT2D eigenvalue weighted by Gasteiger charge is -2.30. The number of anilines is 2. The molecule has 0 spiro atoms. The van der Waals surface area contributed by atoms with E-state index in [1.54, 1.807) is 6.08 Å². The van der Waals surface area contributed by atoms with Gasteiger partial charge >= 0.3 is 0 Å². The van der Waals surface area contributed by atoms with Crippen LogP contribution in [0.2, 0.25) is 0 Å². The van der Waals surface area contributed by atoms with E-state index >= 15 is 0 Å². The molecule has 0 aliphatic heterocycles. The Balaban J connectivity index is 1.25. The van der Waals surface area contributed by atoms with Crippen LogP contribution < -0.4 is 15.5 Å². The van der Waals surface area contributed by atoms with E-state index in [9.17, 15) is 4.79 Å². The number of aromatic nitrogens is 2. The number of carbonyl (C=O) groups excluding carboxylic acids is 1. The van der Waals surface area contributed by atoms with E-state index in [0.717, 1.165) is 62.4 Å². The highest BCUT2D eigenvalue weighted by atomic mass is 16.1. The van der Waals surface area contributed by atoms with Crippen molar-refractivity contribution in [2.45, 2.75) is 57.4 Å². The van der Waals surface area contributed by atoms with Gasteiger partial charge in [0.05, 0.1) is 5.69 Å². The molecular formula is C26H35N5O. The first kappa shape index (κ1) is 22.3. The summed E-state index contributed by atoms with van der Waals surface area (Å²) in [6.07, 6.45) is 12.4. The summed E-state index contributed by atoms with van der Waals surface area (Å²) >= 11 is 0. The van der Waals surface area contributed by atoms with Crippen molar-refractivity contribution in [2.75, 3.05) is 30.9 Å². The fourth-order valence-corrected chi connectivity index (χ4v) is 4.74. The molecule has 0 saturated heterocycles. The van der Waals surface area contributed by atoms with Crippen molar-refractivity contribution in [2.24, 2.45) is 5.92 Å². The molecule has 6 nitrogen and oxygen atoms in total. The molecule has 0 unspecified atom stereocenters. The number of aryl methyl sites for hydroxylation is 1. The molecule has 0 radical (unpaired) electrons. The summed E-state index contributed by atoms with van der Waals surface area (Å²) in [4.78, 5) is 24.0. The first-order chi connectivity index (χ1) is 15.6. The van der Waals surface area contributed by atoms with Crippen LogP contribution in [-0.4, -0.2) is 42.6 Å². The number of nitrogens with one attached hydrogen (secondary N) is 2. The van der Waals surface area contributed by atoms with Gasteiger partial charge in [-0.05, 0) is 68.9 Å². The minimum Gasteiger partial charge on any atom is -0.362 e. The number of carbonyl (C=O) groups is 1. The molecule has 0 atom stereocenters. The van der Waals surface area contributed by atoms with Crippen LogP contribution >= 0.6 is 0 Å². The summed E-state index contributed by atoms with van der Waals surface area (Å²) in [5.41, 5.74) is 3.58. The maximum atomic E-state index is 12.1. The largest absolute Gasteiger partial charge is 0.362 e. The zero-order valence-electron chi connectivity index (χ0n) is 19.3. The quantitative estimate of drug-likeness (QED) is 0.640. The molecule has 2 N–H and O–H groups in total. The fraction of sp³-hybridized carbons (Fsp3) is 0.500. The van der Waals surface area contributed by atoms with Gasteiger partial charge in [-0.2, -0.15) is 4.98 Å². The SMILES string of the molecule is CN(C)c1nc(N[C@H]2CC[C@@H](CNC(=O)C=Cc3ccccc3)CC2)nc2c1CCCC2. The number of hydrogen-bond acceptors (Lipinski definition) is 5. The van der Waals surface area contributed by atoms with E-state index in [1.165, 1.54) is 24.1 Å². The summed E-state index contributed by atoms with van der Waals surface area (Å²) in [5.74, 6) is 2.35. The van der Waals surface area contributed by atoms with Crippen LogP contribution in [-0.2, 0) is 17.6 Å².